The van der Waals surface area contributed by atoms with Gasteiger partial charge in [-0.1, -0.05) is 30.3 Å². The Balaban J connectivity index is 1.65. The number of allylic oxidation sites excluding steroid dienone is 2. The van der Waals surface area contributed by atoms with E-state index >= 15 is 0 Å². The van der Waals surface area contributed by atoms with Crippen LogP contribution in [0.4, 0.5) is 11.4 Å². The van der Waals surface area contributed by atoms with Crippen molar-refractivity contribution in [3.05, 3.63) is 81.8 Å². The molecule has 10 heteroatoms. The first kappa shape index (κ1) is 24.2. The number of nitrogens with zero attached hydrogens (tertiary/aromatic N) is 3. The number of esters is 1. The van der Waals surface area contributed by atoms with Crippen LogP contribution in [0.15, 0.2) is 71.0 Å². The van der Waals surface area contributed by atoms with Crippen LogP contribution in [-0.4, -0.2) is 33.7 Å². The van der Waals surface area contributed by atoms with Crippen LogP contribution in [0.1, 0.15) is 19.5 Å². The molecule has 34 heavy (non-hydrogen) atoms. The molecule has 1 amide bonds. The molecule has 0 fully saturated rings. The number of carbonyl (C=O) groups excluding carboxylic acids is 2. The zero-order chi connectivity index (χ0) is 24.8. The maximum absolute atomic E-state index is 12.4. The van der Waals surface area contributed by atoms with Gasteiger partial charge in [-0.25, -0.2) is 4.99 Å². The minimum Gasteiger partial charge on any atom is -0.454 e. The molecule has 176 valence electrons. The number of hydrogen-bond acceptors (Lipinski definition) is 7. The monoisotopic (exact) mass is 463 g/mol. The average Bonchev–Trinajstić information content (AvgIpc) is 3.11. The molecule has 0 radical (unpaired) electrons. The van der Waals surface area contributed by atoms with Crippen molar-refractivity contribution in [3.63, 3.8) is 0 Å². The summed E-state index contributed by atoms with van der Waals surface area (Å²) in [6.45, 7) is 4.45. The molecule has 0 aliphatic rings. The number of hydrogen-bond donors (Lipinski definition) is 2. The second-order valence-corrected chi connectivity index (χ2v) is 7.64. The maximum atomic E-state index is 12.4. The molecule has 0 saturated heterocycles. The highest BCUT2D eigenvalue weighted by atomic mass is 16.6. The molecule has 0 bridgehead atoms. The van der Waals surface area contributed by atoms with E-state index in [1.807, 2.05) is 41.8 Å². The van der Waals surface area contributed by atoms with Crippen LogP contribution >= 0.6 is 0 Å². The van der Waals surface area contributed by atoms with Crippen LogP contribution in [-0.2, 0) is 20.9 Å². The number of benzene rings is 2. The Morgan fingerprint density at radius 3 is 2.53 bits per heavy atom. The highest BCUT2D eigenvalue weighted by molar-refractivity contribution is 6.03. The largest absolute Gasteiger partial charge is 0.454 e. The second-order valence-electron chi connectivity index (χ2n) is 7.64. The summed E-state index contributed by atoms with van der Waals surface area (Å²) in [5.74, 6) is -1.18. The van der Waals surface area contributed by atoms with Crippen molar-refractivity contribution in [1.29, 1.82) is 0 Å². The van der Waals surface area contributed by atoms with Gasteiger partial charge in [0.05, 0.1) is 16.3 Å². The number of fused-ring (bicyclic) bond motifs is 1. The second kappa shape index (κ2) is 10.4. The first-order valence-electron chi connectivity index (χ1n) is 10.4. The van der Waals surface area contributed by atoms with E-state index in [-0.39, 0.29) is 35.0 Å². The number of amides is 1. The Hall–Kier alpha value is -4.47. The Morgan fingerprint density at radius 2 is 1.82 bits per heavy atom. The highest BCUT2D eigenvalue weighted by Gasteiger charge is 2.17. The van der Waals surface area contributed by atoms with Crippen LogP contribution in [0.25, 0.3) is 10.9 Å². The van der Waals surface area contributed by atoms with Crippen molar-refractivity contribution in [2.75, 3.05) is 6.61 Å². The smallest absolute Gasteiger partial charge is 0.326 e. The molecule has 3 rings (SSSR count). The van der Waals surface area contributed by atoms with Gasteiger partial charge in [0.15, 0.2) is 6.61 Å². The quantitative estimate of drug-likeness (QED) is 0.227. The van der Waals surface area contributed by atoms with E-state index in [2.05, 4.69) is 10.3 Å². The van der Waals surface area contributed by atoms with Crippen molar-refractivity contribution in [3.8, 4) is 0 Å². The van der Waals surface area contributed by atoms with E-state index in [9.17, 15) is 19.7 Å². The highest BCUT2D eigenvalue weighted by Crippen LogP contribution is 2.27. The Morgan fingerprint density at radius 1 is 1.15 bits per heavy atom. The zero-order valence-electron chi connectivity index (χ0n) is 19.1. The number of carbonyl (C=O) groups is 2. The molecule has 0 aliphatic carbocycles. The number of para-hydroxylation sites is 3. The predicted molar refractivity (Wildman–Crippen MR) is 129 cm³/mol. The van der Waals surface area contributed by atoms with Crippen molar-refractivity contribution < 1.29 is 19.2 Å². The maximum Gasteiger partial charge on any atom is 0.326 e. The first-order valence-corrected chi connectivity index (χ1v) is 10.4. The van der Waals surface area contributed by atoms with Gasteiger partial charge in [-0.3, -0.25) is 19.7 Å². The third-order valence-corrected chi connectivity index (χ3v) is 5.06. The van der Waals surface area contributed by atoms with E-state index in [0.29, 0.717) is 0 Å². The molecule has 0 unspecified atom stereocenters. The molecule has 10 nitrogen and oxygen atoms in total. The lowest BCUT2D eigenvalue weighted by Gasteiger charge is -2.13. The normalized spacial score (nSPS) is 12.3. The molecule has 0 saturated carbocycles. The van der Waals surface area contributed by atoms with Crippen molar-refractivity contribution in [1.82, 2.24) is 9.88 Å². The number of aliphatic imine (C=N–C) groups is 1. The van der Waals surface area contributed by atoms with Crippen LogP contribution in [0.5, 0.6) is 0 Å². The number of aromatic nitrogens is 1. The molecule has 3 N–H and O–H groups in total. The number of nitro benzene ring substituents is 1. The molecular formula is C24H25N5O5. The Bertz CT molecular complexity index is 1320. The van der Waals surface area contributed by atoms with E-state index in [1.165, 1.54) is 18.2 Å². The molecule has 0 spiro atoms. The van der Waals surface area contributed by atoms with Gasteiger partial charge < -0.3 is 20.4 Å². The van der Waals surface area contributed by atoms with Crippen LogP contribution < -0.4 is 11.1 Å². The van der Waals surface area contributed by atoms with Crippen LogP contribution in [0, 0.1) is 17.0 Å². The van der Waals surface area contributed by atoms with Crippen molar-refractivity contribution in [2.45, 2.75) is 27.3 Å². The number of nitro groups is 1. The molecule has 0 aliphatic heterocycles. The lowest BCUT2D eigenvalue weighted by atomic mass is 10.2. The van der Waals surface area contributed by atoms with Gasteiger partial charge in [0.2, 0.25) is 0 Å². The summed E-state index contributed by atoms with van der Waals surface area (Å²) in [6, 6.07) is 15.6. The molecule has 2 aromatic carbocycles. The van der Waals surface area contributed by atoms with Gasteiger partial charge in [0, 0.05) is 23.0 Å². The summed E-state index contributed by atoms with van der Waals surface area (Å²) < 4.78 is 6.96. The Kier molecular flexibility index (Phi) is 7.42. The van der Waals surface area contributed by atoms with Gasteiger partial charge in [0.25, 0.3) is 11.6 Å². The Labute approximate surface area is 195 Å². The van der Waals surface area contributed by atoms with Crippen LogP contribution in [0.3, 0.4) is 0 Å². The summed E-state index contributed by atoms with van der Waals surface area (Å²) in [4.78, 5) is 39.7. The summed E-state index contributed by atoms with van der Waals surface area (Å²) >= 11 is 0. The van der Waals surface area contributed by atoms with E-state index < -0.39 is 23.4 Å². The topological polar surface area (TPSA) is 142 Å². The minimum absolute atomic E-state index is 0.0383. The lowest BCUT2D eigenvalue weighted by molar-refractivity contribution is -0.384. The average molecular weight is 463 g/mol. The lowest BCUT2D eigenvalue weighted by Crippen LogP contribution is -2.33. The van der Waals surface area contributed by atoms with E-state index in [1.54, 1.807) is 19.9 Å². The summed E-state index contributed by atoms with van der Waals surface area (Å²) in [5.41, 5.74) is 8.33. The summed E-state index contributed by atoms with van der Waals surface area (Å²) in [7, 11) is 0. The summed E-state index contributed by atoms with van der Waals surface area (Å²) in [5, 5.41) is 14.8. The predicted octanol–water partition coefficient (Wildman–Crippen LogP) is 3.50. The molecule has 3 aromatic rings. The zero-order valence-corrected chi connectivity index (χ0v) is 19.1. The fraction of sp³-hybridized carbons (Fsp3) is 0.208. The molecule has 1 aromatic heterocycles. The third-order valence-electron chi connectivity index (χ3n) is 5.06. The van der Waals surface area contributed by atoms with Gasteiger partial charge in [-0.2, -0.15) is 0 Å². The SMILES string of the molecule is CC(=Nc1ccccc1[N+](=O)[O-])C(NC(=O)COC(=O)Cn1c(C)cc2ccccc21)=C(C)N. The third kappa shape index (κ3) is 5.66. The number of nitrogens with one attached hydrogen (secondary N) is 1. The minimum atomic E-state index is -0.612. The van der Waals surface area contributed by atoms with Crippen molar-refractivity contribution in [2.24, 2.45) is 10.7 Å². The fourth-order valence-corrected chi connectivity index (χ4v) is 3.48. The number of nitrogens with two attached hydrogens (primary N) is 1. The van der Waals surface area contributed by atoms with Gasteiger partial charge in [-0.15, -0.1) is 0 Å². The number of aryl methyl sites for hydroxylation is 1. The molecule has 1 heterocycles. The van der Waals surface area contributed by atoms with Crippen molar-refractivity contribution >= 4 is 39.9 Å². The van der Waals surface area contributed by atoms with Gasteiger partial charge in [-0.05, 0) is 44.4 Å². The van der Waals surface area contributed by atoms with Gasteiger partial charge in [0.1, 0.15) is 12.2 Å². The van der Waals surface area contributed by atoms with Crippen LogP contribution in [0.2, 0.25) is 0 Å². The van der Waals surface area contributed by atoms with E-state index in [0.717, 1.165) is 16.6 Å². The fourth-order valence-electron chi connectivity index (χ4n) is 3.48. The summed E-state index contributed by atoms with van der Waals surface area (Å²) in [6.07, 6.45) is 0. The van der Waals surface area contributed by atoms with E-state index in [4.69, 9.17) is 10.5 Å². The van der Waals surface area contributed by atoms with Gasteiger partial charge >= 0.3 is 5.97 Å². The number of ether oxygens (including phenoxy) is 1. The molecule has 0 atom stereocenters. The standard InChI is InChI=1S/C24H25N5O5/c1-15-12-18-8-4-6-10-20(18)28(15)13-23(31)34-14-22(30)27-24(16(2)25)17(3)26-19-9-5-7-11-21(19)29(32)33/h4-12H,13-14,25H2,1-3H3,(H,27,30). The first-order chi connectivity index (χ1) is 16.2. The molecular weight excluding hydrogens is 438 g/mol. The number of rotatable bonds is 8.